The van der Waals surface area contributed by atoms with Gasteiger partial charge in [0.05, 0.1) is 17.2 Å². The minimum Gasteiger partial charge on any atom is -0.462 e. The lowest BCUT2D eigenvalue weighted by atomic mass is 10.0. The van der Waals surface area contributed by atoms with Gasteiger partial charge in [-0.2, -0.15) is 4.98 Å². The number of benzene rings is 1. The fourth-order valence-corrected chi connectivity index (χ4v) is 2.01. The Kier molecular flexibility index (Phi) is 4.31. The van der Waals surface area contributed by atoms with Crippen LogP contribution in [0.1, 0.15) is 23.0 Å². The molecule has 0 amide bonds. The van der Waals surface area contributed by atoms with E-state index < -0.39 is 16.6 Å². The van der Waals surface area contributed by atoms with E-state index in [1.807, 2.05) is 0 Å². The molecule has 0 atom stereocenters. The van der Waals surface area contributed by atoms with Crippen LogP contribution in [0.4, 0.5) is 5.69 Å². The van der Waals surface area contributed by atoms with Gasteiger partial charge in [0, 0.05) is 23.4 Å². The molecule has 1 aromatic carbocycles. The van der Waals surface area contributed by atoms with Crippen LogP contribution in [0.15, 0.2) is 29.1 Å². The van der Waals surface area contributed by atoms with Crippen LogP contribution >= 0.6 is 0 Å². The van der Waals surface area contributed by atoms with Crippen molar-refractivity contribution in [3.05, 3.63) is 56.1 Å². The van der Waals surface area contributed by atoms with Crippen molar-refractivity contribution in [1.82, 2.24) is 9.97 Å². The van der Waals surface area contributed by atoms with Crippen LogP contribution in [0.25, 0.3) is 11.3 Å². The molecule has 1 N–H and O–H groups in total. The summed E-state index contributed by atoms with van der Waals surface area (Å²) in [5.41, 5.74) is -0.0733. The Morgan fingerprint density at radius 1 is 1.45 bits per heavy atom. The quantitative estimate of drug-likeness (QED) is 0.523. The molecule has 0 aliphatic heterocycles. The lowest BCUT2D eigenvalue weighted by Crippen LogP contribution is -2.19. The summed E-state index contributed by atoms with van der Waals surface area (Å²) in [5, 5.41) is 10.9. The highest BCUT2D eigenvalue weighted by Gasteiger charge is 2.21. The lowest BCUT2D eigenvalue weighted by molar-refractivity contribution is -0.384. The van der Waals surface area contributed by atoms with Crippen LogP contribution in [0.5, 0.6) is 0 Å². The van der Waals surface area contributed by atoms with Crippen LogP contribution in [0, 0.1) is 17.0 Å². The van der Waals surface area contributed by atoms with Crippen molar-refractivity contribution in [2.45, 2.75) is 13.8 Å². The molecule has 0 radical (unpaired) electrons. The summed E-state index contributed by atoms with van der Waals surface area (Å²) >= 11 is 0. The number of carbonyl (C=O) groups excluding carboxylic acids is 1. The van der Waals surface area contributed by atoms with Crippen LogP contribution in [0.2, 0.25) is 0 Å². The summed E-state index contributed by atoms with van der Waals surface area (Å²) < 4.78 is 4.95. The molecule has 22 heavy (non-hydrogen) atoms. The zero-order valence-corrected chi connectivity index (χ0v) is 12.0. The molecule has 0 saturated carbocycles. The zero-order valence-electron chi connectivity index (χ0n) is 12.0. The van der Waals surface area contributed by atoms with Gasteiger partial charge < -0.3 is 9.72 Å². The van der Waals surface area contributed by atoms with Crippen molar-refractivity contribution in [3.8, 4) is 11.3 Å². The highest BCUT2D eigenvalue weighted by molar-refractivity contribution is 5.97. The SMILES string of the molecule is CCOC(=O)c1c(-c2cccc([N+](=O)[O-])c2)nc(=O)[nH]c1C. The molecule has 2 aromatic rings. The van der Waals surface area contributed by atoms with Crippen molar-refractivity contribution in [2.75, 3.05) is 6.61 Å². The summed E-state index contributed by atoms with van der Waals surface area (Å²) in [4.78, 5) is 40.2. The number of hydrogen-bond donors (Lipinski definition) is 1. The Hall–Kier alpha value is -3.03. The van der Waals surface area contributed by atoms with Crippen molar-refractivity contribution in [2.24, 2.45) is 0 Å². The second kappa shape index (κ2) is 6.17. The maximum Gasteiger partial charge on any atom is 0.345 e. The number of nitrogens with one attached hydrogen (secondary N) is 1. The van der Waals surface area contributed by atoms with E-state index in [0.717, 1.165) is 0 Å². The smallest absolute Gasteiger partial charge is 0.345 e. The van der Waals surface area contributed by atoms with Gasteiger partial charge in [-0.15, -0.1) is 0 Å². The standard InChI is InChI=1S/C14H13N3O5/c1-3-22-13(18)11-8(2)15-14(19)16-12(11)9-5-4-6-10(7-9)17(20)21/h4-7H,3H2,1-2H3,(H,15,16,19). The third kappa shape index (κ3) is 3.00. The van der Waals surface area contributed by atoms with Crippen molar-refractivity contribution in [3.63, 3.8) is 0 Å². The van der Waals surface area contributed by atoms with Gasteiger partial charge >= 0.3 is 11.7 Å². The van der Waals surface area contributed by atoms with Crippen molar-refractivity contribution in [1.29, 1.82) is 0 Å². The zero-order chi connectivity index (χ0) is 16.3. The molecule has 0 aliphatic rings. The first kappa shape index (κ1) is 15.4. The first-order valence-electron chi connectivity index (χ1n) is 6.47. The number of nitro groups is 1. The molecule has 1 heterocycles. The third-order valence-electron chi connectivity index (χ3n) is 2.93. The maximum absolute atomic E-state index is 12.1. The van der Waals surface area contributed by atoms with Gasteiger partial charge in [0.15, 0.2) is 0 Å². The van der Waals surface area contributed by atoms with Crippen LogP contribution in [-0.4, -0.2) is 27.5 Å². The van der Waals surface area contributed by atoms with Gasteiger partial charge in [-0.3, -0.25) is 10.1 Å². The Morgan fingerprint density at radius 2 is 2.18 bits per heavy atom. The molecular formula is C14H13N3O5. The molecular weight excluding hydrogens is 290 g/mol. The Bertz CT molecular complexity index is 797. The first-order chi connectivity index (χ1) is 10.4. The van der Waals surface area contributed by atoms with Gasteiger partial charge in [0.2, 0.25) is 0 Å². The molecule has 0 unspecified atom stereocenters. The molecule has 8 heteroatoms. The van der Waals surface area contributed by atoms with E-state index in [-0.39, 0.29) is 23.6 Å². The third-order valence-corrected chi connectivity index (χ3v) is 2.93. The number of esters is 1. The highest BCUT2D eigenvalue weighted by Crippen LogP contribution is 2.26. The number of carbonyl (C=O) groups is 1. The number of rotatable bonds is 4. The van der Waals surface area contributed by atoms with E-state index in [1.54, 1.807) is 6.92 Å². The summed E-state index contributed by atoms with van der Waals surface area (Å²) in [6.07, 6.45) is 0. The maximum atomic E-state index is 12.1. The van der Waals surface area contributed by atoms with E-state index in [1.165, 1.54) is 31.2 Å². The van der Waals surface area contributed by atoms with Crippen molar-refractivity contribution >= 4 is 11.7 Å². The van der Waals surface area contributed by atoms with E-state index in [9.17, 15) is 19.7 Å². The largest absolute Gasteiger partial charge is 0.462 e. The molecule has 8 nitrogen and oxygen atoms in total. The monoisotopic (exact) mass is 303 g/mol. The summed E-state index contributed by atoms with van der Waals surface area (Å²) in [7, 11) is 0. The number of ether oxygens (including phenoxy) is 1. The van der Waals surface area contributed by atoms with Gasteiger partial charge in [0.1, 0.15) is 5.56 Å². The fraction of sp³-hybridized carbons (Fsp3) is 0.214. The summed E-state index contributed by atoms with van der Waals surface area (Å²) in [5.74, 6) is -0.648. The van der Waals surface area contributed by atoms with Crippen LogP contribution < -0.4 is 5.69 Å². The minimum atomic E-state index is -0.648. The van der Waals surface area contributed by atoms with Gasteiger partial charge in [-0.05, 0) is 13.8 Å². The van der Waals surface area contributed by atoms with Gasteiger partial charge in [-0.1, -0.05) is 12.1 Å². The molecule has 0 aliphatic carbocycles. The first-order valence-corrected chi connectivity index (χ1v) is 6.47. The average molecular weight is 303 g/mol. The number of nitrogens with zero attached hydrogens (tertiary/aromatic N) is 2. The molecule has 2 rings (SSSR count). The van der Waals surface area contributed by atoms with E-state index in [2.05, 4.69) is 9.97 Å². The molecule has 0 saturated heterocycles. The minimum absolute atomic E-state index is 0.0587. The Balaban J connectivity index is 2.68. The second-order valence-corrected chi connectivity index (χ2v) is 4.42. The average Bonchev–Trinajstić information content (AvgIpc) is 2.46. The fourth-order valence-electron chi connectivity index (χ4n) is 2.01. The van der Waals surface area contributed by atoms with Gasteiger partial charge in [0.25, 0.3) is 5.69 Å². The number of aromatic amines is 1. The lowest BCUT2D eigenvalue weighted by Gasteiger charge is -2.10. The van der Waals surface area contributed by atoms with Gasteiger partial charge in [-0.25, -0.2) is 9.59 Å². The topological polar surface area (TPSA) is 115 Å². The molecule has 0 fully saturated rings. The predicted octanol–water partition coefficient (Wildman–Crippen LogP) is 1.83. The van der Waals surface area contributed by atoms with E-state index in [0.29, 0.717) is 11.3 Å². The number of aromatic nitrogens is 2. The molecule has 0 bridgehead atoms. The van der Waals surface area contributed by atoms with Crippen molar-refractivity contribution < 1.29 is 14.5 Å². The molecule has 1 aromatic heterocycles. The summed E-state index contributed by atoms with van der Waals surface area (Å²) in [6, 6.07) is 5.56. The Labute approximate surface area is 124 Å². The Morgan fingerprint density at radius 3 is 2.82 bits per heavy atom. The van der Waals surface area contributed by atoms with E-state index >= 15 is 0 Å². The number of hydrogen-bond acceptors (Lipinski definition) is 6. The van der Waals surface area contributed by atoms with Crippen LogP contribution in [0.3, 0.4) is 0 Å². The number of non-ortho nitro benzene ring substituents is 1. The highest BCUT2D eigenvalue weighted by atomic mass is 16.6. The predicted molar refractivity (Wildman–Crippen MR) is 77.6 cm³/mol. The number of nitro benzene ring substituents is 1. The number of aryl methyl sites for hydroxylation is 1. The number of H-pyrrole nitrogens is 1. The normalized spacial score (nSPS) is 10.3. The second-order valence-electron chi connectivity index (χ2n) is 4.42. The molecule has 0 spiro atoms. The van der Waals surface area contributed by atoms with E-state index in [4.69, 9.17) is 4.74 Å². The molecule has 114 valence electrons. The summed E-state index contributed by atoms with van der Waals surface area (Å²) in [6.45, 7) is 3.35. The van der Waals surface area contributed by atoms with Crippen LogP contribution in [-0.2, 0) is 4.74 Å².